The fourth-order valence-corrected chi connectivity index (χ4v) is 10.5. The lowest BCUT2D eigenvalue weighted by Crippen LogP contribution is -2.10. The molecule has 0 aliphatic heterocycles. The van der Waals surface area contributed by atoms with Crippen LogP contribution in [0.25, 0.3) is 76.2 Å². The van der Waals surface area contributed by atoms with Gasteiger partial charge in [0.1, 0.15) is 0 Å². The number of anilines is 6. The smallest absolute Gasteiger partial charge is 0.0641 e. The highest BCUT2D eigenvalue weighted by atomic mass is 15.2. The lowest BCUT2D eigenvalue weighted by atomic mass is 10.00. The summed E-state index contributed by atoms with van der Waals surface area (Å²) in [4.78, 5) is 4.84. The summed E-state index contributed by atoms with van der Waals surface area (Å²) >= 11 is 0. The predicted octanol–water partition coefficient (Wildman–Crippen LogP) is 15.5. The highest BCUT2D eigenvalue weighted by molar-refractivity contribution is 6.32. The summed E-state index contributed by atoms with van der Waals surface area (Å²) < 4.78 is 5.10. The minimum atomic E-state index is 1.14. The Morgan fingerprint density at radius 1 is 0.300 bits per heavy atom. The molecule has 60 heavy (non-hydrogen) atoms. The molecule has 4 aromatic heterocycles. The third-order valence-electron chi connectivity index (χ3n) is 13.0. The molecule has 13 aromatic rings. The molecule has 0 saturated heterocycles. The van der Waals surface area contributed by atoms with Crippen molar-refractivity contribution in [3.8, 4) is 0 Å². The standard InChI is InChI=1S/C56H38N4/c1-35-17-15-27-45-51(35)53-47(57(37-19-7-3-8-20-37)38-21-9-4-10-22-38)31-29-41-43-34-50-44(33-49(43)59(45)55(41)53)42-30-32-48(54-52-36(2)18-16-28-46(52)60(50)56(42)54)58(39-23-11-5-12-24-39)40-25-13-6-14-26-40/h3-34H,1-2H3. The van der Waals surface area contributed by atoms with Crippen LogP contribution >= 0.6 is 0 Å². The zero-order chi connectivity index (χ0) is 39.6. The first-order chi connectivity index (χ1) is 29.7. The van der Waals surface area contributed by atoms with Gasteiger partial charge in [-0.3, -0.25) is 0 Å². The van der Waals surface area contributed by atoms with E-state index in [2.05, 4.69) is 227 Å². The maximum Gasteiger partial charge on any atom is 0.0641 e. The molecule has 4 heteroatoms. The first-order valence-electron chi connectivity index (χ1n) is 20.8. The Morgan fingerprint density at radius 2 is 0.650 bits per heavy atom. The molecular formula is C56H38N4. The zero-order valence-electron chi connectivity index (χ0n) is 33.3. The molecule has 0 aliphatic carbocycles. The van der Waals surface area contributed by atoms with Crippen molar-refractivity contribution in [2.45, 2.75) is 13.8 Å². The van der Waals surface area contributed by atoms with Gasteiger partial charge in [0.25, 0.3) is 0 Å². The zero-order valence-corrected chi connectivity index (χ0v) is 33.3. The summed E-state index contributed by atoms with van der Waals surface area (Å²) in [7, 11) is 0. The lowest BCUT2D eigenvalue weighted by molar-refractivity contribution is 1.30. The largest absolute Gasteiger partial charge is 0.310 e. The number of para-hydroxylation sites is 4. The van der Waals surface area contributed by atoms with Crippen molar-refractivity contribution in [1.29, 1.82) is 0 Å². The molecule has 0 saturated carbocycles. The van der Waals surface area contributed by atoms with Crippen LogP contribution in [0.15, 0.2) is 194 Å². The molecule has 4 nitrogen and oxygen atoms in total. The van der Waals surface area contributed by atoms with Gasteiger partial charge in [-0.2, -0.15) is 0 Å². The van der Waals surface area contributed by atoms with E-state index in [4.69, 9.17) is 0 Å². The van der Waals surface area contributed by atoms with Gasteiger partial charge in [-0.15, -0.1) is 0 Å². The van der Waals surface area contributed by atoms with Crippen molar-refractivity contribution < 1.29 is 0 Å². The normalized spacial score (nSPS) is 12.2. The summed E-state index contributed by atoms with van der Waals surface area (Å²) in [5.74, 6) is 0. The Bertz CT molecular complexity index is 3440. The second-order valence-corrected chi connectivity index (χ2v) is 16.2. The molecule has 0 bridgehead atoms. The Kier molecular flexibility index (Phi) is 6.83. The topological polar surface area (TPSA) is 15.3 Å². The van der Waals surface area contributed by atoms with Crippen LogP contribution in [0.2, 0.25) is 0 Å². The second-order valence-electron chi connectivity index (χ2n) is 16.2. The van der Waals surface area contributed by atoms with E-state index in [1.165, 1.54) is 98.7 Å². The first kappa shape index (κ1) is 33.2. The summed E-state index contributed by atoms with van der Waals surface area (Å²) in [6.07, 6.45) is 0. The number of nitrogens with zero attached hydrogens (tertiary/aromatic N) is 4. The van der Waals surface area contributed by atoms with Crippen molar-refractivity contribution in [1.82, 2.24) is 8.80 Å². The van der Waals surface area contributed by atoms with Crippen LogP contribution in [0.1, 0.15) is 11.1 Å². The van der Waals surface area contributed by atoms with E-state index < -0.39 is 0 Å². The van der Waals surface area contributed by atoms with E-state index in [1.54, 1.807) is 0 Å². The third kappa shape index (κ3) is 4.39. The van der Waals surface area contributed by atoms with Crippen molar-refractivity contribution >= 4 is 110 Å². The Labute approximate surface area is 346 Å². The monoisotopic (exact) mass is 766 g/mol. The van der Waals surface area contributed by atoms with Gasteiger partial charge in [-0.05, 0) is 110 Å². The van der Waals surface area contributed by atoms with Crippen LogP contribution in [-0.2, 0) is 0 Å². The lowest BCUT2D eigenvalue weighted by Gasteiger charge is -2.26. The van der Waals surface area contributed by atoms with Crippen molar-refractivity contribution in [3.05, 3.63) is 205 Å². The van der Waals surface area contributed by atoms with Crippen LogP contribution in [0, 0.1) is 13.8 Å². The molecule has 0 fully saturated rings. The Hall–Kier alpha value is -7.82. The quantitative estimate of drug-likeness (QED) is 0.167. The van der Waals surface area contributed by atoms with Gasteiger partial charge in [0.15, 0.2) is 0 Å². The molecule has 0 atom stereocenters. The summed E-state index contributed by atoms with van der Waals surface area (Å²) in [6, 6.07) is 71.1. The van der Waals surface area contributed by atoms with Gasteiger partial charge in [-0.25, -0.2) is 0 Å². The maximum absolute atomic E-state index is 2.55. The molecule has 0 aliphatic rings. The average molecular weight is 767 g/mol. The highest BCUT2D eigenvalue weighted by Crippen LogP contribution is 2.51. The van der Waals surface area contributed by atoms with Crippen LogP contribution in [0.3, 0.4) is 0 Å². The SMILES string of the molecule is Cc1cccc2c1c1c(N(c3ccccc3)c3ccccc3)ccc3c4cc5c(cc4n2c31)c1ccc(N(c2ccccc2)c2ccccc2)c2c3c(C)cccc3n5c12. The summed E-state index contributed by atoms with van der Waals surface area (Å²) in [5, 5.41) is 10.2. The summed E-state index contributed by atoms with van der Waals surface area (Å²) in [5.41, 5.74) is 16.9. The van der Waals surface area contributed by atoms with Gasteiger partial charge in [0.2, 0.25) is 0 Å². The van der Waals surface area contributed by atoms with Crippen LogP contribution in [-0.4, -0.2) is 8.80 Å². The van der Waals surface area contributed by atoms with Crippen LogP contribution < -0.4 is 9.80 Å². The Morgan fingerprint density at radius 3 is 1.00 bits per heavy atom. The van der Waals surface area contributed by atoms with E-state index in [0.29, 0.717) is 0 Å². The van der Waals surface area contributed by atoms with Crippen molar-refractivity contribution in [2.75, 3.05) is 9.80 Å². The number of benzene rings is 9. The van der Waals surface area contributed by atoms with Crippen LogP contribution in [0.5, 0.6) is 0 Å². The fourth-order valence-electron chi connectivity index (χ4n) is 10.5. The number of aryl methyl sites for hydroxylation is 2. The minimum Gasteiger partial charge on any atom is -0.310 e. The highest BCUT2D eigenvalue weighted by Gasteiger charge is 2.28. The molecule has 0 N–H and O–H groups in total. The number of hydrogen-bond donors (Lipinski definition) is 0. The van der Waals surface area contributed by atoms with Crippen molar-refractivity contribution in [3.63, 3.8) is 0 Å². The van der Waals surface area contributed by atoms with E-state index in [-0.39, 0.29) is 0 Å². The van der Waals surface area contributed by atoms with E-state index >= 15 is 0 Å². The number of hydrogen-bond acceptors (Lipinski definition) is 2. The average Bonchev–Trinajstić information content (AvgIpc) is 4.02. The fraction of sp³-hybridized carbons (Fsp3) is 0.0357. The van der Waals surface area contributed by atoms with E-state index in [1.807, 2.05) is 0 Å². The number of aromatic nitrogens is 2. The second kappa shape index (κ2) is 12.3. The molecule has 9 aromatic carbocycles. The van der Waals surface area contributed by atoms with Crippen LogP contribution in [0.4, 0.5) is 34.1 Å². The van der Waals surface area contributed by atoms with Crippen molar-refractivity contribution in [2.24, 2.45) is 0 Å². The van der Waals surface area contributed by atoms with E-state index in [9.17, 15) is 0 Å². The summed E-state index contributed by atoms with van der Waals surface area (Å²) in [6.45, 7) is 4.52. The van der Waals surface area contributed by atoms with Gasteiger partial charge in [0, 0.05) is 65.8 Å². The van der Waals surface area contributed by atoms with Gasteiger partial charge in [-0.1, -0.05) is 109 Å². The van der Waals surface area contributed by atoms with Gasteiger partial charge >= 0.3 is 0 Å². The molecule has 0 amide bonds. The molecule has 282 valence electrons. The molecule has 4 heterocycles. The molecular weight excluding hydrogens is 729 g/mol. The number of fused-ring (bicyclic) bond motifs is 12. The first-order valence-corrected chi connectivity index (χ1v) is 20.8. The molecule has 0 spiro atoms. The van der Waals surface area contributed by atoms with E-state index in [0.717, 1.165) is 22.7 Å². The van der Waals surface area contributed by atoms with Gasteiger partial charge in [0.05, 0.1) is 44.5 Å². The number of rotatable bonds is 6. The maximum atomic E-state index is 2.55. The molecule has 13 rings (SSSR count). The molecule has 0 radical (unpaired) electrons. The minimum absolute atomic E-state index is 1.14. The molecule has 0 unspecified atom stereocenters. The van der Waals surface area contributed by atoms with Gasteiger partial charge < -0.3 is 18.6 Å². The predicted molar refractivity (Wildman–Crippen MR) is 255 cm³/mol. The Balaban J connectivity index is 1.16. The third-order valence-corrected chi connectivity index (χ3v) is 13.0.